The van der Waals surface area contributed by atoms with Crippen molar-refractivity contribution in [1.82, 2.24) is 4.90 Å². The van der Waals surface area contributed by atoms with Gasteiger partial charge in [0.1, 0.15) is 23.4 Å². The molecule has 148 valence electrons. The van der Waals surface area contributed by atoms with Crippen molar-refractivity contribution in [2.75, 3.05) is 20.8 Å². The molecule has 1 amide bonds. The molecular weight excluding hydrogens is 354 g/mol. The summed E-state index contributed by atoms with van der Waals surface area (Å²) in [6.45, 7) is 4.93. The Balaban J connectivity index is 1.68. The molecule has 5 nitrogen and oxygen atoms in total. The highest BCUT2D eigenvalue weighted by Gasteiger charge is 2.37. The van der Waals surface area contributed by atoms with Crippen LogP contribution in [0.25, 0.3) is 0 Å². The smallest absolute Gasteiger partial charge is 0.258 e. The van der Waals surface area contributed by atoms with Crippen molar-refractivity contribution in [1.29, 1.82) is 0 Å². The number of carbonyl (C=O) groups excluding carboxylic acids is 1. The molecule has 0 aromatic heterocycles. The molecule has 0 bridgehead atoms. The first-order valence-electron chi connectivity index (χ1n) is 9.87. The van der Waals surface area contributed by atoms with E-state index in [9.17, 15) is 4.79 Å². The van der Waals surface area contributed by atoms with E-state index < -0.39 is 0 Å². The molecule has 0 N–H and O–H groups in total. The minimum Gasteiger partial charge on any atom is -0.497 e. The summed E-state index contributed by atoms with van der Waals surface area (Å²) < 4.78 is 17.0. The van der Waals surface area contributed by atoms with Gasteiger partial charge in [0.25, 0.3) is 5.91 Å². The molecule has 0 radical (unpaired) electrons. The third kappa shape index (κ3) is 2.99. The van der Waals surface area contributed by atoms with Gasteiger partial charge in [-0.3, -0.25) is 4.79 Å². The van der Waals surface area contributed by atoms with E-state index in [2.05, 4.69) is 19.9 Å². The van der Waals surface area contributed by atoms with E-state index in [0.717, 1.165) is 47.8 Å². The van der Waals surface area contributed by atoms with Crippen molar-refractivity contribution in [2.24, 2.45) is 0 Å². The van der Waals surface area contributed by atoms with E-state index in [4.69, 9.17) is 14.2 Å². The van der Waals surface area contributed by atoms with Crippen molar-refractivity contribution < 1.29 is 19.0 Å². The van der Waals surface area contributed by atoms with Crippen LogP contribution in [0.5, 0.6) is 17.2 Å². The summed E-state index contributed by atoms with van der Waals surface area (Å²) in [6, 6.07) is 11.7. The van der Waals surface area contributed by atoms with Crippen molar-refractivity contribution in [2.45, 2.75) is 44.8 Å². The number of fused-ring (bicyclic) bond motifs is 1. The van der Waals surface area contributed by atoms with E-state index >= 15 is 0 Å². The molecule has 1 fully saturated rings. The van der Waals surface area contributed by atoms with Crippen LogP contribution in [0.2, 0.25) is 0 Å². The standard InChI is InChI=1S/C23H27NO4/c1-14-15(2)28-22-17(14)7-5-8-19(22)23(25)24-12-6-9-20(24)18-11-10-16(26-3)13-21(18)27-4/h5,7-8,10-11,13-15,20H,6,9,12H2,1-4H3/t14-,15-,20-/m0/s1. The summed E-state index contributed by atoms with van der Waals surface area (Å²) in [6.07, 6.45) is 1.96. The predicted molar refractivity (Wildman–Crippen MR) is 108 cm³/mol. The van der Waals surface area contributed by atoms with Crippen LogP contribution < -0.4 is 14.2 Å². The van der Waals surface area contributed by atoms with E-state index in [1.807, 2.05) is 35.2 Å². The lowest BCUT2D eigenvalue weighted by molar-refractivity contribution is 0.0729. The van der Waals surface area contributed by atoms with Gasteiger partial charge in [-0.25, -0.2) is 0 Å². The maximum atomic E-state index is 13.5. The summed E-state index contributed by atoms with van der Waals surface area (Å²) >= 11 is 0. The molecule has 1 saturated heterocycles. The third-order valence-corrected chi connectivity index (χ3v) is 6.09. The molecule has 4 rings (SSSR count). The van der Waals surface area contributed by atoms with Crippen LogP contribution in [0.15, 0.2) is 36.4 Å². The van der Waals surface area contributed by atoms with Gasteiger partial charge in [-0.1, -0.05) is 19.1 Å². The van der Waals surface area contributed by atoms with Crippen LogP contribution in [0.4, 0.5) is 0 Å². The van der Waals surface area contributed by atoms with Crippen molar-refractivity contribution in [3.8, 4) is 17.2 Å². The predicted octanol–water partition coefficient (Wildman–Crippen LogP) is 4.57. The lowest BCUT2D eigenvalue weighted by Gasteiger charge is -2.27. The first-order chi connectivity index (χ1) is 13.5. The number of hydrogen-bond donors (Lipinski definition) is 0. The van der Waals surface area contributed by atoms with E-state index in [-0.39, 0.29) is 18.1 Å². The zero-order chi connectivity index (χ0) is 19.8. The molecule has 2 aliphatic heterocycles. The monoisotopic (exact) mass is 381 g/mol. The zero-order valence-electron chi connectivity index (χ0n) is 16.9. The van der Waals surface area contributed by atoms with Gasteiger partial charge in [-0.15, -0.1) is 0 Å². The topological polar surface area (TPSA) is 48.0 Å². The lowest BCUT2D eigenvalue weighted by Crippen LogP contribution is -2.31. The van der Waals surface area contributed by atoms with Crippen LogP contribution in [-0.4, -0.2) is 37.7 Å². The number of ether oxygens (including phenoxy) is 3. The molecule has 2 aromatic rings. The van der Waals surface area contributed by atoms with Crippen LogP contribution in [0.1, 0.15) is 60.1 Å². The van der Waals surface area contributed by atoms with Crippen LogP contribution in [-0.2, 0) is 0 Å². The SMILES string of the molecule is COc1ccc([C@@H]2CCCN2C(=O)c2cccc3c2O[C@@H](C)[C@@H]3C)c(OC)c1. The molecule has 2 aliphatic rings. The number of amides is 1. The fourth-order valence-electron chi connectivity index (χ4n) is 4.34. The van der Waals surface area contributed by atoms with Gasteiger partial charge < -0.3 is 19.1 Å². The minimum atomic E-state index is -0.0135. The number of hydrogen-bond acceptors (Lipinski definition) is 4. The Hall–Kier alpha value is -2.69. The molecule has 0 aliphatic carbocycles. The molecule has 2 aromatic carbocycles. The maximum Gasteiger partial charge on any atom is 0.258 e. The van der Waals surface area contributed by atoms with Crippen LogP contribution >= 0.6 is 0 Å². The number of nitrogens with zero attached hydrogens (tertiary/aromatic N) is 1. The lowest BCUT2D eigenvalue weighted by atomic mass is 9.96. The Morgan fingerprint density at radius 2 is 1.93 bits per heavy atom. The second-order valence-corrected chi connectivity index (χ2v) is 7.60. The van der Waals surface area contributed by atoms with Gasteiger partial charge >= 0.3 is 0 Å². The molecule has 28 heavy (non-hydrogen) atoms. The largest absolute Gasteiger partial charge is 0.497 e. The van der Waals surface area contributed by atoms with Gasteiger partial charge in [0.2, 0.25) is 0 Å². The quantitative estimate of drug-likeness (QED) is 0.779. The Morgan fingerprint density at radius 3 is 2.68 bits per heavy atom. The molecular formula is C23H27NO4. The number of rotatable bonds is 4. The Labute approximate surface area is 166 Å². The van der Waals surface area contributed by atoms with E-state index in [1.165, 1.54) is 0 Å². The number of benzene rings is 2. The first kappa shape index (κ1) is 18.7. The fraction of sp³-hybridized carbons (Fsp3) is 0.435. The summed E-state index contributed by atoms with van der Waals surface area (Å²) in [4.78, 5) is 15.5. The molecule has 0 unspecified atom stereocenters. The summed E-state index contributed by atoms with van der Waals surface area (Å²) in [5, 5.41) is 0. The van der Waals surface area contributed by atoms with Gasteiger partial charge in [0, 0.05) is 29.7 Å². The van der Waals surface area contributed by atoms with E-state index in [1.54, 1.807) is 14.2 Å². The second kappa shape index (κ2) is 7.38. The van der Waals surface area contributed by atoms with Gasteiger partial charge in [0.15, 0.2) is 0 Å². The Bertz CT molecular complexity index is 894. The van der Waals surface area contributed by atoms with E-state index in [0.29, 0.717) is 11.5 Å². The molecule has 5 heteroatoms. The van der Waals surface area contributed by atoms with Crippen LogP contribution in [0.3, 0.4) is 0 Å². The number of likely N-dealkylation sites (tertiary alicyclic amines) is 1. The average molecular weight is 381 g/mol. The fourth-order valence-corrected chi connectivity index (χ4v) is 4.34. The van der Waals surface area contributed by atoms with Crippen LogP contribution in [0, 0.1) is 0 Å². The maximum absolute atomic E-state index is 13.5. The normalized spacial score (nSPS) is 23.3. The number of para-hydroxylation sites is 1. The summed E-state index contributed by atoms with van der Waals surface area (Å²) in [5.41, 5.74) is 2.80. The highest BCUT2D eigenvalue weighted by molar-refractivity contribution is 5.98. The molecule has 3 atom stereocenters. The molecule has 0 saturated carbocycles. The van der Waals surface area contributed by atoms with Gasteiger partial charge in [0.05, 0.1) is 25.8 Å². The number of methoxy groups -OCH3 is 2. The highest BCUT2D eigenvalue weighted by Crippen LogP contribution is 2.43. The Kier molecular flexibility index (Phi) is 4.92. The Morgan fingerprint density at radius 1 is 1.11 bits per heavy atom. The summed E-state index contributed by atoms with van der Waals surface area (Å²) in [5.74, 6) is 2.56. The van der Waals surface area contributed by atoms with Gasteiger partial charge in [-0.05, 0) is 38.0 Å². The first-order valence-corrected chi connectivity index (χ1v) is 9.87. The third-order valence-electron chi connectivity index (χ3n) is 6.09. The summed E-state index contributed by atoms with van der Waals surface area (Å²) in [7, 11) is 3.29. The van der Waals surface area contributed by atoms with Gasteiger partial charge in [-0.2, -0.15) is 0 Å². The minimum absolute atomic E-state index is 0.0135. The highest BCUT2D eigenvalue weighted by atomic mass is 16.5. The average Bonchev–Trinajstić information content (AvgIpc) is 3.32. The zero-order valence-corrected chi connectivity index (χ0v) is 16.9. The number of carbonyl (C=O) groups is 1. The second-order valence-electron chi connectivity index (χ2n) is 7.60. The van der Waals surface area contributed by atoms with Crippen molar-refractivity contribution in [3.63, 3.8) is 0 Å². The van der Waals surface area contributed by atoms with Crippen molar-refractivity contribution >= 4 is 5.91 Å². The van der Waals surface area contributed by atoms with Crippen molar-refractivity contribution in [3.05, 3.63) is 53.1 Å². The molecule has 2 heterocycles. The molecule has 0 spiro atoms.